The summed E-state index contributed by atoms with van der Waals surface area (Å²) in [5.74, 6) is -2.17. The molecule has 2 aromatic rings. The number of nitrogens with zero attached hydrogens (tertiary/aromatic N) is 3. The number of thiazole rings is 1. The van der Waals surface area contributed by atoms with E-state index in [0.717, 1.165) is 29.8 Å². The number of rotatable bonds is 27. The molecule has 1 aromatic heterocycles. The Labute approximate surface area is 411 Å². The van der Waals surface area contributed by atoms with Crippen molar-refractivity contribution in [2.24, 2.45) is 23.5 Å². The van der Waals surface area contributed by atoms with E-state index in [4.69, 9.17) is 19.9 Å². The van der Waals surface area contributed by atoms with Crippen LogP contribution in [0.2, 0.25) is 0 Å². The maximum Gasteiger partial charge on any atom is 0.246 e. The Hall–Kier alpha value is -3.96. The molecule has 1 aliphatic carbocycles. The molecule has 68 heavy (non-hydrogen) atoms. The molecule has 0 bridgehead atoms. The molecule has 1 aliphatic heterocycles. The molecular formula is C52H85N7O8S. The molecule has 5 N–H and O–H groups in total. The van der Waals surface area contributed by atoms with Gasteiger partial charge in [-0.15, -0.1) is 11.3 Å². The van der Waals surface area contributed by atoms with Crippen molar-refractivity contribution in [3.05, 3.63) is 52.5 Å². The topological polar surface area (TPSA) is 195 Å². The van der Waals surface area contributed by atoms with E-state index in [1.54, 1.807) is 32.4 Å². The molecule has 1 aromatic carbocycles. The van der Waals surface area contributed by atoms with Crippen molar-refractivity contribution in [2.45, 2.75) is 192 Å². The quantitative estimate of drug-likeness (QED) is 0.0746. The van der Waals surface area contributed by atoms with Crippen molar-refractivity contribution in [3.63, 3.8) is 0 Å². The summed E-state index contributed by atoms with van der Waals surface area (Å²) in [4.78, 5) is 79.1. The summed E-state index contributed by atoms with van der Waals surface area (Å²) >= 11 is 1.50. The zero-order valence-corrected chi connectivity index (χ0v) is 44.0. The summed E-state index contributed by atoms with van der Waals surface area (Å²) in [7, 11) is 4.87. The number of methoxy groups -OCH3 is 2. The van der Waals surface area contributed by atoms with Crippen LogP contribution in [-0.4, -0.2) is 126 Å². The lowest BCUT2D eigenvalue weighted by Gasteiger charge is -2.41. The highest BCUT2D eigenvalue weighted by Gasteiger charge is 2.46. The minimum Gasteiger partial charge on any atom is -0.379 e. The van der Waals surface area contributed by atoms with E-state index in [1.165, 1.54) is 11.3 Å². The highest BCUT2D eigenvalue weighted by molar-refractivity contribution is 7.09. The summed E-state index contributed by atoms with van der Waals surface area (Å²) in [6.07, 6.45) is 7.02. The van der Waals surface area contributed by atoms with Crippen LogP contribution in [0.5, 0.6) is 0 Å². The number of amides is 5. The van der Waals surface area contributed by atoms with Gasteiger partial charge in [-0.1, -0.05) is 84.2 Å². The molecule has 0 spiro atoms. The minimum atomic E-state index is -1.13. The largest absolute Gasteiger partial charge is 0.379 e. The molecule has 2 fully saturated rings. The number of carbonyl (C=O) groups is 5. The number of ether oxygens (including phenoxy) is 3. The van der Waals surface area contributed by atoms with Gasteiger partial charge < -0.3 is 45.7 Å². The number of carbonyl (C=O) groups excluding carboxylic acids is 5. The predicted octanol–water partition coefficient (Wildman–Crippen LogP) is 6.74. The monoisotopic (exact) mass is 968 g/mol. The first kappa shape index (κ1) is 56.6. The minimum absolute atomic E-state index is 0.000529. The van der Waals surface area contributed by atoms with E-state index < -0.39 is 41.3 Å². The summed E-state index contributed by atoms with van der Waals surface area (Å²) in [6.45, 7) is 18.5. The number of hydrogen-bond acceptors (Lipinski definition) is 11. The Morgan fingerprint density at radius 1 is 0.971 bits per heavy atom. The van der Waals surface area contributed by atoms with E-state index in [9.17, 15) is 24.0 Å². The Balaban J connectivity index is 1.45. The van der Waals surface area contributed by atoms with E-state index in [-0.39, 0.29) is 71.8 Å². The first-order chi connectivity index (χ1) is 32.1. The lowest BCUT2D eigenvalue weighted by Crippen LogP contribution is -2.63. The molecular weight excluding hydrogens is 883 g/mol. The average molecular weight is 968 g/mol. The molecule has 8 unspecified atom stereocenters. The predicted molar refractivity (Wildman–Crippen MR) is 268 cm³/mol. The van der Waals surface area contributed by atoms with Crippen LogP contribution >= 0.6 is 11.3 Å². The number of nitrogens with one attached hydrogen (secondary N) is 3. The highest BCUT2D eigenvalue weighted by atomic mass is 32.1. The van der Waals surface area contributed by atoms with Gasteiger partial charge in [-0.2, -0.15) is 0 Å². The molecule has 5 amide bonds. The Morgan fingerprint density at radius 3 is 2.22 bits per heavy atom. The lowest BCUT2D eigenvalue weighted by atomic mass is 9.89. The van der Waals surface area contributed by atoms with E-state index in [1.807, 2.05) is 103 Å². The highest BCUT2D eigenvalue weighted by Crippen LogP contribution is 2.33. The maximum absolute atomic E-state index is 14.7. The van der Waals surface area contributed by atoms with Crippen LogP contribution in [0.3, 0.4) is 0 Å². The fourth-order valence-electron chi connectivity index (χ4n) is 9.87. The third kappa shape index (κ3) is 15.8. The molecule has 2 aliphatic rings. The first-order valence-corrected chi connectivity index (χ1v) is 25.8. The van der Waals surface area contributed by atoms with Gasteiger partial charge in [-0.05, 0) is 90.0 Å². The van der Waals surface area contributed by atoms with Gasteiger partial charge in [-0.3, -0.25) is 24.0 Å². The second kappa shape index (κ2) is 25.8. The lowest BCUT2D eigenvalue weighted by molar-refractivity contribution is -0.148. The van der Waals surface area contributed by atoms with Crippen LogP contribution in [0.1, 0.15) is 150 Å². The summed E-state index contributed by atoms with van der Waals surface area (Å²) in [5.41, 5.74) is 5.16. The Morgan fingerprint density at radius 2 is 1.65 bits per heavy atom. The van der Waals surface area contributed by atoms with Gasteiger partial charge in [0.2, 0.25) is 29.5 Å². The van der Waals surface area contributed by atoms with Crippen molar-refractivity contribution in [2.75, 3.05) is 34.4 Å². The molecule has 1 saturated heterocycles. The van der Waals surface area contributed by atoms with Crippen LogP contribution in [0.25, 0.3) is 0 Å². The van der Waals surface area contributed by atoms with E-state index in [2.05, 4.69) is 20.9 Å². The molecule has 15 nitrogen and oxygen atoms in total. The number of hydrogen-bond donors (Lipinski definition) is 4. The first-order valence-electron chi connectivity index (χ1n) is 25.0. The SMILES string of the molecule is CCC(C)C(C(CC(=O)N1CCCC1C(OC)C(C)C(=O)NC(Cc1ccccc1)c1nccs1)OC)N(C)C(=O)C(NC(=O)C1(NC(=O)CCC(C)(C)OCCC(C)(C)N)CCCC1)C(C)C. The third-order valence-corrected chi connectivity index (χ3v) is 15.2. The van der Waals surface area contributed by atoms with Gasteiger partial charge in [-0.25, -0.2) is 4.98 Å². The van der Waals surface area contributed by atoms with Gasteiger partial charge in [0.1, 0.15) is 16.6 Å². The smallest absolute Gasteiger partial charge is 0.246 e. The van der Waals surface area contributed by atoms with Crippen LogP contribution in [0, 0.1) is 17.8 Å². The second-order valence-corrected chi connectivity index (χ2v) is 22.0. The summed E-state index contributed by atoms with van der Waals surface area (Å²) in [5, 5.41) is 12.1. The summed E-state index contributed by atoms with van der Waals surface area (Å²) in [6, 6.07) is 7.89. The van der Waals surface area contributed by atoms with Crippen molar-refractivity contribution in [1.29, 1.82) is 0 Å². The van der Waals surface area contributed by atoms with Crippen molar-refractivity contribution >= 4 is 40.9 Å². The van der Waals surface area contributed by atoms with E-state index in [0.29, 0.717) is 58.1 Å². The second-order valence-electron chi connectivity index (χ2n) is 21.1. The number of aromatic nitrogens is 1. The molecule has 4 rings (SSSR count). The van der Waals surface area contributed by atoms with Crippen molar-refractivity contribution in [3.8, 4) is 0 Å². The number of benzene rings is 1. The molecule has 16 heteroatoms. The van der Waals surface area contributed by atoms with Gasteiger partial charge in [0.25, 0.3) is 0 Å². The maximum atomic E-state index is 14.7. The van der Waals surface area contributed by atoms with Crippen molar-refractivity contribution in [1.82, 2.24) is 30.7 Å². The Kier molecular flexibility index (Phi) is 21.5. The van der Waals surface area contributed by atoms with Crippen LogP contribution in [0.15, 0.2) is 41.9 Å². The van der Waals surface area contributed by atoms with Gasteiger partial charge in [0.15, 0.2) is 0 Å². The normalized spacial score (nSPS) is 19.4. The van der Waals surface area contributed by atoms with Crippen molar-refractivity contribution < 1.29 is 38.2 Å². The fraction of sp³-hybridized carbons (Fsp3) is 0.731. The van der Waals surface area contributed by atoms with Crippen LogP contribution < -0.4 is 21.7 Å². The van der Waals surface area contributed by atoms with E-state index >= 15 is 0 Å². The molecule has 0 radical (unpaired) electrons. The standard InChI is InChI=1S/C52H85N7O8S/c1-13-35(4)44(58(10)48(63)43(34(2)3)56-49(64)52(24-17-18-25-52)57-41(60)23-26-51(8,9)67-30-27-50(6,7)53)40(65-11)33-42(61)59-29-19-22-39(59)45(66-12)36(5)46(62)55-38(47-54-28-31-68-47)32-37-20-15-14-16-21-37/h14-16,20-21,28,31,34-36,38-40,43-45H,13,17-19,22-27,29-30,32-33,53H2,1-12H3,(H,55,62)(H,56,64)(H,57,60). The third-order valence-electron chi connectivity index (χ3n) is 14.3. The van der Waals surface area contributed by atoms with Gasteiger partial charge in [0, 0.05) is 58.0 Å². The Bertz CT molecular complexity index is 1900. The number of likely N-dealkylation sites (N-methyl/N-ethyl adjacent to an activating group) is 1. The van der Waals surface area contributed by atoms with Gasteiger partial charge >= 0.3 is 0 Å². The fourth-order valence-corrected chi connectivity index (χ4v) is 10.6. The molecule has 382 valence electrons. The molecule has 1 saturated carbocycles. The number of nitrogens with two attached hydrogens (primary N) is 1. The van der Waals surface area contributed by atoms with Crippen LogP contribution in [0.4, 0.5) is 0 Å². The summed E-state index contributed by atoms with van der Waals surface area (Å²) < 4.78 is 18.3. The van der Waals surface area contributed by atoms with Gasteiger partial charge in [0.05, 0.1) is 48.3 Å². The number of likely N-dealkylation sites (tertiary alicyclic amines) is 1. The zero-order chi connectivity index (χ0) is 50.4. The van der Waals surface area contributed by atoms with Crippen LogP contribution in [-0.2, 0) is 44.6 Å². The average Bonchev–Trinajstić information content (AvgIpc) is 4.11. The molecule has 2 heterocycles. The zero-order valence-electron chi connectivity index (χ0n) is 43.2. The molecule has 8 atom stereocenters.